The Bertz CT molecular complexity index is 864. The molecule has 0 N–H and O–H groups in total. The first kappa shape index (κ1) is 18.1. The molecule has 2 heterocycles. The van der Waals surface area contributed by atoms with Gasteiger partial charge in [-0.3, -0.25) is 4.79 Å². The largest absolute Gasteiger partial charge is 0.490 e. The fraction of sp³-hybridized carbons (Fsp3) is 0.318. The highest BCUT2D eigenvalue weighted by atomic mass is 79.9. The summed E-state index contributed by atoms with van der Waals surface area (Å²) < 4.78 is 12.5. The summed E-state index contributed by atoms with van der Waals surface area (Å²) in [5, 5.41) is 0. The van der Waals surface area contributed by atoms with Crippen molar-refractivity contribution in [3.05, 3.63) is 64.1 Å². The van der Waals surface area contributed by atoms with Crippen molar-refractivity contribution in [2.45, 2.75) is 25.3 Å². The van der Waals surface area contributed by atoms with Crippen molar-refractivity contribution in [2.24, 2.45) is 0 Å². The van der Waals surface area contributed by atoms with Crippen LogP contribution >= 0.6 is 15.9 Å². The quantitative estimate of drug-likeness (QED) is 0.647. The molecule has 4 nitrogen and oxygen atoms in total. The van der Waals surface area contributed by atoms with Crippen LogP contribution in [0.1, 0.15) is 36.4 Å². The minimum atomic E-state index is 0.0420. The Morgan fingerprint density at radius 2 is 1.89 bits per heavy atom. The van der Waals surface area contributed by atoms with E-state index in [4.69, 9.17) is 9.47 Å². The van der Waals surface area contributed by atoms with Gasteiger partial charge in [0.05, 0.1) is 19.3 Å². The standard InChI is InChI=1S/C22H22BrNO3/c23-18-6-2-1-5-16(18)9-11-22(25)24-12-3-7-19(24)17-8-10-20-21(15-17)27-14-4-13-26-20/h1-2,5-6,8-11,15,19H,3-4,7,12-14H2/b11-9+. The Morgan fingerprint density at radius 1 is 1.07 bits per heavy atom. The summed E-state index contributed by atoms with van der Waals surface area (Å²) in [5.74, 6) is 1.62. The fourth-order valence-corrected chi connectivity index (χ4v) is 4.05. The smallest absolute Gasteiger partial charge is 0.247 e. The maximum absolute atomic E-state index is 12.8. The van der Waals surface area contributed by atoms with Crippen molar-refractivity contribution in [2.75, 3.05) is 19.8 Å². The molecule has 4 rings (SSSR count). The molecule has 1 amide bonds. The van der Waals surface area contributed by atoms with Crippen LogP contribution in [0.15, 0.2) is 53.0 Å². The van der Waals surface area contributed by atoms with E-state index in [-0.39, 0.29) is 11.9 Å². The van der Waals surface area contributed by atoms with Gasteiger partial charge in [0.2, 0.25) is 5.91 Å². The van der Waals surface area contributed by atoms with Crippen LogP contribution in [0.5, 0.6) is 11.5 Å². The number of ether oxygens (including phenoxy) is 2. The van der Waals surface area contributed by atoms with Crippen molar-refractivity contribution < 1.29 is 14.3 Å². The van der Waals surface area contributed by atoms with E-state index in [1.807, 2.05) is 47.4 Å². The molecule has 0 aliphatic carbocycles. The van der Waals surface area contributed by atoms with Gasteiger partial charge in [0.25, 0.3) is 0 Å². The number of hydrogen-bond donors (Lipinski definition) is 0. The summed E-state index contributed by atoms with van der Waals surface area (Å²) in [6.45, 7) is 2.12. The molecule has 5 heteroatoms. The molecule has 1 saturated heterocycles. The lowest BCUT2D eigenvalue weighted by molar-refractivity contribution is -0.126. The summed E-state index contributed by atoms with van der Waals surface area (Å²) in [4.78, 5) is 14.8. The van der Waals surface area contributed by atoms with E-state index < -0.39 is 0 Å². The van der Waals surface area contributed by atoms with Gasteiger partial charge in [0.1, 0.15) is 0 Å². The zero-order valence-electron chi connectivity index (χ0n) is 15.1. The molecule has 2 aromatic carbocycles. The molecule has 2 aliphatic heterocycles. The van der Waals surface area contributed by atoms with Crippen molar-refractivity contribution in [1.82, 2.24) is 4.90 Å². The topological polar surface area (TPSA) is 38.8 Å². The van der Waals surface area contributed by atoms with Gasteiger partial charge in [-0.15, -0.1) is 0 Å². The number of halogens is 1. The summed E-state index contributed by atoms with van der Waals surface area (Å²) in [5.41, 5.74) is 2.11. The van der Waals surface area contributed by atoms with Crippen LogP contribution in [-0.4, -0.2) is 30.6 Å². The minimum absolute atomic E-state index is 0.0420. The van der Waals surface area contributed by atoms with Gasteiger partial charge in [-0.1, -0.05) is 40.2 Å². The van der Waals surface area contributed by atoms with Gasteiger partial charge in [-0.05, 0) is 48.2 Å². The first-order valence-electron chi connectivity index (χ1n) is 9.35. The monoisotopic (exact) mass is 427 g/mol. The second-order valence-corrected chi connectivity index (χ2v) is 7.66. The highest BCUT2D eigenvalue weighted by Gasteiger charge is 2.29. The molecule has 0 bridgehead atoms. The molecule has 2 aliphatic rings. The normalized spacial score (nSPS) is 19.3. The number of carbonyl (C=O) groups excluding carboxylic acids is 1. The zero-order chi connectivity index (χ0) is 18.6. The summed E-state index contributed by atoms with van der Waals surface area (Å²) >= 11 is 3.52. The van der Waals surface area contributed by atoms with Crippen LogP contribution in [0.4, 0.5) is 0 Å². The van der Waals surface area contributed by atoms with Crippen molar-refractivity contribution in [1.29, 1.82) is 0 Å². The van der Waals surface area contributed by atoms with E-state index in [1.165, 1.54) is 0 Å². The van der Waals surface area contributed by atoms with E-state index in [0.717, 1.165) is 52.9 Å². The third-order valence-electron chi connectivity index (χ3n) is 5.00. The first-order valence-corrected chi connectivity index (χ1v) is 10.1. The lowest BCUT2D eigenvalue weighted by Gasteiger charge is -2.24. The van der Waals surface area contributed by atoms with Crippen molar-refractivity contribution >= 4 is 27.9 Å². The van der Waals surface area contributed by atoms with Crippen LogP contribution < -0.4 is 9.47 Å². The molecule has 140 valence electrons. The molecule has 1 unspecified atom stereocenters. The number of likely N-dealkylation sites (tertiary alicyclic amines) is 1. The second-order valence-electron chi connectivity index (χ2n) is 6.80. The van der Waals surface area contributed by atoms with E-state index >= 15 is 0 Å². The third kappa shape index (κ3) is 4.03. The minimum Gasteiger partial charge on any atom is -0.490 e. The average Bonchev–Trinajstić information content (AvgIpc) is 3.06. The lowest BCUT2D eigenvalue weighted by atomic mass is 10.0. The average molecular weight is 428 g/mol. The number of carbonyl (C=O) groups is 1. The number of hydrogen-bond acceptors (Lipinski definition) is 3. The molecular weight excluding hydrogens is 406 g/mol. The van der Waals surface area contributed by atoms with Crippen LogP contribution in [-0.2, 0) is 4.79 Å². The van der Waals surface area contributed by atoms with Crippen molar-refractivity contribution in [3.8, 4) is 11.5 Å². The van der Waals surface area contributed by atoms with E-state index in [1.54, 1.807) is 6.08 Å². The highest BCUT2D eigenvalue weighted by molar-refractivity contribution is 9.10. The lowest BCUT2D eigenvalue weighted by Crippen LogP contribution is -2.28. The summed E-state index contributed by atoms with van der Waals surface area (Å²) in [6, 6.07) is 14.0. The maximum Gasteiger partial charge on any atom is 0.247 e. The van der Waals surface area contributed by atoms with Gasteiger partial charge in [-0.2, -0.15) is 0 Å². The molecule has 1 atom stereocenters. The molecular formula is C22H22BrNO3. The predicted octanol–water partition coefficient (Wildman–Crippen LogP) is 4.99. The molecule has 2 aromatic rings. The predicted molar refractivity (Wildman–Crippen MR) is 109 cm³/mol. The molecule has 0 spiro atoms. The van der Waals surface area contributed by atoms with Crippen LogP contribution in [0.2, 0.25) is 0 Å². The van der Waals surface area contributed by atoms with Gasteiger partial charge in [-0.25, -0.2) is 0 Å². The summed E-state index contributed by atoms with van der Waals surface area (Å²) in [7, 11) is 0. The van der Waals surface area contributed by atoms with E-state index in [0.29, 0.717) is 13.2 Å². The fourth-order valence-electron chi connectivity index (χ4n) is 3.63. The molecule has 1 fully saturated rings. The van der Waals surface area contributed by atoms with Gasteiger partial charge in [0.15, 0.2) is 11.5 Å². The van der Waals surface area contributed by atoms with E-state index in [2.05, 4.69) is 22.0 Å². The number of benzene rings is 2. The number of fused-ring (bicyclic) bond motifs is 1. The SMILES string of the molecule is O=C(/C=C/c1ccccc1Br)N1CCCC1c1ccc2c(c1)OCCCO2. The third-order valence-corrected chi connectivity index (χ3v) is 5.73. The van der Waals surface area contributed by atoms with Crippen LogP contribution in [0.25, 0.3) is 6.08 Å². The highest BCUT2D eigenvalue weighted by Crippen LogP contribution is 2.38. The van der Waals surface area contributed by atoms with Crippen LogP contribution in [0.3, 0.4) is 0 Å². The summed E-state index contributed by atoms with van der Waals surface area (Å²) in [6.07, 6.45) is 6.40. The van der Waals surface area contributed by atoms with Gasteiger partial charge >= 0.3 is 0 Å². The van der Waals surface area contributed by atoms with E-state index in [9.17, 15) is 4.79 Å². The second kappa shape index (κ2) is 8.17. The Balaban J connectivity index is 1.53. The molecule has 0 aromatic heterocycles. The van der Waals surface area contributed by atoms with Gasteiger partial charge < -0.3 is 14.4 Å². The van der Waals surface area contributed by atoms with Crippen molar-refractivity contribution in [3.63, 3.8) is 0 Å². The Labute approximate surface area is 167 Å². The Kier molecular flexibility index (Phi) is 5.48. The number of rotatable bonds is 3. The molecule has 0 radical (unpaired) electrons. The molecule has 27 heavy (non-hydrogen) atoms. The Morgan fingerprint density at radius 3 is 2.74 bits per heavy atom. The molecule has 0 saturated carbocycles. The number of nitrogens with zero attached hydrogens (tertiary/aromatic N) is 1. The zero-order valence-corrected chi connectivity index (χ0v) is 16.7. The maximum atomic E-state index is 12.8. The first-order chi connectivity index (χ1) is 13.2. The number of amides is 1. The van der Waals surface area contributed by atoms with Gasteiger partial charge in [0, 0.05) is 23.5 Å². The Hall–Kier alpha value is -2.27. The van der Waals surface area contributed by atoms with Crippen LogP contribution in [0, 0.1) is 0 Å².